The molecule has 3 nitrogen and oxygen atoms in total. The summed E-state index contributed by atoms with van der Waals surface area (Å²) < 4.78 is 5.47. The minimum Gasteiger partial charge on any atom is -0.497 e. The highest BCUT2D eigenvalue weighted by Gasteiger charge is 2.53. The molecule has 0 amide bonds. The maximum Gasteiger partial charge on any atom is 0.119 e. The summed E-state index contributed by atoms with van der Waals surface area (Å²) >= 11 is 0. The number of hydrogen-bond acceptors (Lipinski definition) is 3. The van der Waals surface area contributed by atoms with Crippen LogP contribution in [-0.4, -0.2) is 38.3 Å². The van der Waals surface area contributed by atoms with Gasteiger partial charge in [0.1, 0.15) is 5.75 Å². The van der Waals surface area contributed by atoms with Gasteiger partial charge in [-0.05, 0) is 42.2 Å². The first kappa shape index (κ1) is 15.5. The molecule has 0 aliphatic carbocycles. The number of benzene rings is 2. The second-order valence-electron chi connectivity index (χ2n) is 7.31. The molecule has 2 aliphatic rings. The van der Waals surface area contributed by atoms with Crippen molar-refractivity contribution in [2.24, 2.45) is 0 Å². The van der Waals surface area contributed by atoms with Crippen LogP contribution in [0, 0.1) is 0 Å². The molecule has 0 bridgehead atoms. The molecule has 0 spiro atoms. The van der Waals surface area contributed by atoms with E-state index in [2.05, 4.69) is 72.3 Å². The average molecular weight is 322 g/mol. The summed E-state index contributed by atoms with van der Waals surface area (Å²) in [6.07, 6.45) is 2.76. The fraction of sp³-hybridized carbons (Fsp3) is 0.429. The first-order valence-electron chi connectivity index (χ1n) is 8.83. The number of anilines is 1. The maximum atomic E-state index is 5.47. The van der Waals surface area contributed by atoms with Crippen LogP contribution >= 0.6 is 0 Å². The Hall–Kier alpha value is -2.00. The van der Waals surface area contributed by atoms with E-state index in [-0.39, 0.29) is 5.41 Å². The molecule has 2 aliphatic heterocycles. The SMILES string of the molecule is COc1ccc2c(c1)C1(C)CCN(CCc3ccccc3)C1N2C. The van der Waals surface area contributed by atoms with E-state index in [4.69, 9.17) is 4.74 Å². The second-order valence-corrected chi connectivity index (χ2v) is 7.31. The Bertz CT molecular complexity index is 730. The fourth-order valence-electron chi connectivity index (χ4n) is 4.67. The summed E-state index contributed by atoms with van der Waals surface area (Å²) in [5.74, 6) is 0.965. The van der Waals surface area contributed by atoms with Crippen molar-refractivity contribution in [1.82, 2.24) is 4.90 Å². The van der Waals surface area contributed by atoms with E-state index in [1.165, 1.54) is 23.2 Å². The smallest absolute Gasteiger partial charge is 0.119 e. The number of likely N-dealkylation sites (N-methyl/N-ethyl adjacent to an activating group) is 1. The van der Waals surface area contributed by atoms with Crippen LogP contribution in [0.15, 0.2) is 48.5 Å². The zero-order valence-corrected chi connectivity index (χ0v) is 14.8. The van der Waals surface area contributed by atoms with Crippen LogP contribution < -0.4 is 9.64 Å². The highest BCUT2D eigenvalue weighted by atomic mass is 16.5. The highest BCUT2D eigenvalue weighted by Crippen LogP contribution is 2.52. The van der Waals surface area contributed by atoms with Crippen molar-refractivity contribution in [2.45, 2.75) is 31.3 Å². The van der Waals surface area contributed by atoms with Gasteiger partial charge in [0.15, 0.2) is 0 Å². The largest absolute Gasteiger partial charge is 0.497 e. The van der Waals surface area contributed by atoms with Crippen LogP contribution in [-0.2, 0) is 11.8 Å². The average Bonchev–Trinajstić information content (AvgIpc) is 3.07. The van der Waals surface area contributed by atoms with Crippen LogP contribution in [0.1, 0.15) is 24.5 Å². The van der Waals surface area contributed by atoms with Gasteiger partial charge in [0.25, 0.3) is 0 Å². The molecule has 0 aromatic heterocycles. The van der Waals surface area contributed by atoms with Gasteiger partial charge in [0.05, 0.1) is 13.3 Å². The number of nitrogens with zero attached hydrogens (tertiary/aromatic N) is 2. The van der Waals surface area contributed by atoms with Crippen LogP contribution in [0.25, 0.3) is 0 Å². The molecule has 2 aromatic rings. The van der Waals surface area contributed by atoms with E-state index in [0.29, 0.717) is 6.17 Å². The third-order valence-corrected chi connectivity index (χ3v) is 5.93. The minimum absolute atomic E-state index is 0.190. The summed E-state index contributed by atoms with van der Waals surface area (Å²) in [5, 5.41) is 0. The molecule has 2 aromatic carbocycles. The first-order valence-corrected chi connectivity index (χ1v) is 8.83. The molecule has 2 atom stereocenters. The molecule has 0 saturated carbocycles. The van der Waals surface area contributed by atoms with Gasteiger partial charge in [0, 0.05) is 31.2 Å². The lowest BCUT2D eigenvalue weighted by Gasteiger charge is -2.34. The van der Waals surface area contributed by atoms with Gasteiger partial charge in [-0.1, -0.05) is 37.3 Å². The lowest BCUT2D eigenvalue weighted by molar-refractivity contribution is 0.226. The summed E-state index contributed by atoms with van der Waals surface area (Å²) in [7, 11) is 3.99. The normalized spacial score (nSPS) is 25.6. The van der Waals surface area contributed by atoms with Gasteiger partial charge >= 0.3 is 0 Å². The third-order valence-electron chi connectivity index (χ3n) is 5.93. The summed E-state index contributed by atoms with van der Waals surface area (Å²) in [5.41, 5.74) is 4.41. The zero-order chi connectivity index (χ0) is 16.7. The van der Waals surface area contributed by atoms with E-state index < -0.39 is 0 Å². The van der Waals surface area contributed by atoms with Crippen LogP contribution in [0.3, 0.4) is 0 Å². The number of likely N-dealkylation sites (tertiary alicyclic amines) is 1. The van der Waals surface area contributed by atoms with Gasteiger partial charge in [0.2, 0.25) is 0 Å². The summed E-state index contributed by atoms with van der Waals surface area (Å²) in [4.78, 5) is 5.12. The number of hydrogen-bond donors (Lipinski definition) is 0. The second kappa shape index (κ2) is 5.82. The topological polar surface area (TPSA) is 15.7 Å². The number of methoxy groups -OCH3 is 1. The van der Waals surface area contributed by atoms with Crippen molar-refractivity contribution in [1.29, 1.82) is 0 Å². The molecule has 2 unspecified atom stereocenters. The Labute approximate surface area is 144 Å². The molecule has 0 N–H and O–H groups in total. The molecule has 4 rings (SSSR count). The van der Waals surface area contributed by atoms with Gasteiger partial charge in [-0.2, -0.15) is 0 Å². The molecule has 0 radical (unpaired) electrons. The fourth-order valence-corrected chi connectivity index (χ4v) is 4.67. The molecular weight excluding hydrogens is 296 g/mol. The quantitative estimate of drug-likeness (QED) is 0.854. The minimum atomic E-state index is 0.190. The van der Waals surface area contributed by atoms with Crippen LogP contribution in [0.2, 0.25) is 0 Å². The van der Waals surface area contributed by atoms with Gasteiger partial charge in [-0.25, -0.2) is 0 Å². The van der Waals surface area contributed by atoms with Crippen molar-refractivity contribution in [3.8, 4) is 5.75 Å². The molecule has 1 fully saturated rings. The van der Waals surface area contributed by atoms with E-state index >= 15 is 0 Å². The number of fused-ring (bicyclic) bond motifs is 3. The van der Waals surface area contributed by atoms with Gasteiger partial charge in [-0.3, -0.25) is 4.90 Å². The predicted molar refractivity (Wildman–Crippen MR) is 98.9 cm³/mol. The van der Waals surface area contributed by atoms with Crippen LogP contribution in [0.5, 0.6) is 5.75 Å². The van der Waals surface area contributed by atoms with E-state index in [9.17, 15) is 0 Å². The maximum absolute atomic E-state index is 5.47. The van der Waals surface area contributed by atoms with Crippen molar-refractivity contribution >= 4 is 5.69 Å². The highest BCUT2D eigenvalue weighted by molar-refractivity contribution is 5.66. The van der Waals surface area contributed by atoms with Crippen molar-refractivity contribution in [3.63, 3.8) is 0 Å². The molecule has 3 heteroatoms. The Balaban J connectivity index is 1.58. The third kappa shape index (κ3) is 2.30. The lowest BCUT2D eigenvalue weighted by Crippen LogP contribution is -2.47. The Morgan fingerprint density at radius 2 is 1.96 bits per heavy atom. The van der Waals surface area contributed by atoms with E-state index in [1.807, 2.05) is 0 Å². The monoisotopic (exact) mass is 322 g/mol. The van der Waals surface area contributed by atoms with Crippen molar-refractivity contribution in [3.05, 3.63) is 59.7 Å². The summed E-state index contributed by atoms with van der Waals surface area (Å²) in [6, 6.07) is 17.3. The number of rotatable bonds is 4. The van der Waals surface area contributed by atoms with Gasteiger partial charge in [-0.15, -0.1) is 0 Å². The zero-order valence-electron chi connectivity index (χ0n) is 14.8. The Kier molecular flexibility index (Phi) is 3.76. The lowest BCUT2D eigenvalue weighted by atomic mass is 9.81. The predicted octanol–water partition coefficient (Wildman–Crippen LogP) is 3.68. The van der Waals surface area contributed by atoms with E-state index in [0.717, 1.165) is 25.3 Å². The molecular formula is C21H26N2O. The van der Waals surface area contributed by atoms with E-state index in [1.54, 1.807) is 7.11 Å². The van der Waals surface area contributed by atoms with Crippen molar-refractivity contribution in [2.75, 3.05) is 32.1 Å². The number of ether oxygens (including phenoxy) is 1. The molecule has 1 saturated heterocycles. The van der Waals surface area contributed by atoms with Crippen molar-refractivity contribution < 1.29 is 4.74 Å². The molecule has 24 heavy (non-hydrogen) atoms. The van der Waals surface area contributed by atoms with Gasteiger partial charge < -0.3 is 9.64 Å². The van der Waals surface area contributed by atoms with Crippen LogP contribution in [0.4, 0.5) is 5.69 Å². The molecule has 2 heterocycles. The Morgan fingerprint density at radius 1 is 1.17 bits per heavy atom. The molecule has 126 valence electrons. The summed E-state index contributed by atoms with van der Waals surface area (Å²) in [6.45, 7) is 4.69. The standard InChI is InChI=1S/C21H26N2O/c1-21-12-14-23(13-11-16-7-5-4-6-8-16)20(21)22(2)19-10-9-17(24-3)15-18(19)21/h4-10,15,20H,11-14H2,1-3H3. The Morgan fingerprint density at radius 3 is 2.71 bits per heavy atom. The first-order chi connectivity index (χ1) is 11.6.